The summed E-state index contributed by atoms with van der Waals surface area (Å²) < 4.78 is 0. The number of hydrogen-bond donors (Lipinski definition) is 1. The van der Waals surface area contributed by atoms with Gasteiger partial charge < -0.3 is 5.11 Å². The van der Waals surface area contributed by atoms with Crippen LogP contribution in [-0.4, -0.2) is 11.2 Å². The summed E-state index contributed by atoms with van der Waals surface area (Å²) >= 11 is 0. The van der Waals surface area contributed by atoms with Gasteiger partial charge in [0.2, 0.25) is 0 Å². The van der Waals surface area contributed by atoms with E-state index in [-0.39, 0.29) is 6.10 Å². The van der Waals surface area contributed by atoms with Crippen molar-refractivity contribution in [3.63, 3.8) is 0 Å². The fourth-order valence-electron chi connectivity index (χ4n) is 2.48. The van der Waals surface area contributed by atoms with E-state index >= 15 is 0 Å². The largest absolute Gasteiger partial charge is 0.392 e. The van der Waals surface area contributed by atoms with E-state index in [1.165, 1.54) is 24.8 Å². The zero-order valence-corrected chi connectivity index (χ0v) is 9.39. The van der Waals surface area contributed by atoms with Gasteiger partial charge >= 0.3 is 0 Å². The van der Waals surface area contributed by atoms with Crippen molar-refractivity contribution >= 4 is 0 Å². The van der Waals surface area contributed by atoms with E-state index < -0.39 is 0 Å². The minimum absolute atomic E-state index is 0.133. The van der Waals surface area contributed by atoms with Crippen LogP contribution in [0.1, 0.15) is 44.1 Å². The van der Waals surface area contributed by atoms with E-state index in [1.54, 1.807) is 0 Å². The number of aliphatic hydroxyl groups is 1. The molecule has 0 aromatic heterocycles. The number of benzene rings is 1. The van der Waals surface area contributed by atoms with Crippen molar-refractivity contribution < 1.29 is 5.11 Å². The lowest BCUT2D eigenvalue weighted by molar-refractivity contribution is 0.0388. The summed E-state index contributed by atoms with van der Waals surface area (Å²) in [6, 6.07) is 10.4. The second-order valence-corrected chi connectivity index (χ2v) is 4.61. The Morgan fingerprint density at radius 3 is 2.40 bits per heavy atom. The molecule has 1 aliphatic rings. The van der Waals surface area contributed by atoms with Crippen LogP contribution in [0.15, 0.2) is 30.3 Å². The van der Waals surface area contributed by atoms with Crippen LogP contribution in [0, 0.1) is 5.92 Å². The molecule has 2 atom stereocenters. The molecule has 0 saturated heterocycles. The summed E-state index contributed by atoms with van der Waals surface area (Å²) in [7, 11) is 0. The third kappa shape index (κ3) is 2.23. The van der Waals surface area contributed by atoms with E-state index in [2.05, 4.69) is 31.2 Å². The molecule has 2 rings (SSSR count). The first-order valence-corrected chi connectivity index (χ1v) is 6.06. The summed E-state index contributed by atoms with van der Waals surface area (Å²) in [6.07, 6.45) is 4.62. The Bertz CT molecular complexity index is 289. The molecule has 1 aliphatic carbocycles. The second kappa shape index (κ2) is 4.80. The smallest absolute Gasteiger partial charge is 0.0636 e. The molecule has 1 fully saturated rings. The Kier molecular flexibility index (Phi) is 3.42. The van der Waals surface area contributed by atoms with Gasteiger partial charge in [-0.1, -0.05) is 43.7 Å². The molecule has 1 aromatic carbocycles. The van der Waals surface area contributed by atoms with Gasteiger partial charge in [-0.05, 0) is 30.7 Å². The first kappa shape index (κ1) is 10.7. The fourth-order valence-corrected chi connectivity index (χ4v) is 2.48. The molecule has 82 valence electrons. The van der Waals surface area contributed by atoms with Crippen molar-refractivity contribution in [2.24, 2.45) is 5.92 Å². The Balaban J connectivity index is 2.09. The van der Waals surface area contributed by atoms with Crippen LogP contribution in [-0.2, 0) is 0 Å². The van der Waals surface area contributed by atoms with Crippen molar-refractivity contribution in [1.29, 1.82) is 0 Å². The molecule has 0 heterocycles. The monoisotopic (exact) mass is 204 g/mol. The summed E-state index contributed by atoms with van der Waals surface area (Å²) in [5.41, 5.74) is 1.29. The van der Waals surface area contributed by atoms with E-state index in [0.29, 0.717) is 11.8 Å². The van der Waals surface area contributed by atoms with Crippen LogP contribution in [0.4, 0.5) is 0 Å². The average Bonchev–Trinajstić information content (AvgIpc) is 2.18. The maximum Gasteiger partial charge on any atom is 0.0636 e. The predicted molar refractivity (Wildman–Crippen MR) is 62.8 cm³/mol. The van der Waals surface area contributed by atoms with Gasteiger partial charge in [0.1, 0.15) is 0 Å². The molecule has 1 heteroatoms. The molecule has 15 heavy (non-hydrogen) atoms. The zero-order chi connectivity index (χ0) is 10.7. The standard InChI is InChI=1S/C14H20O/c1-2-13(11-7-4-3-5-8-11)14(15)12-9-6-10-12/h3-5,7-8,12-15H,2,6,9-10H2,1H3. The topological polar surface area (TPSA) is 20.2 Å². The molecule has 0 radical (unpaired) electrons. The lowest BCUT2D eigenvalue weighted by Gasteiger charge is -2.35. The molecule has 1 aromatic rings. The van der Waals surface area contributed by atoms with Crippen LogP contribution >= 0.6 is 0 Å². The Hall–Kier alpha value is -0.820. The molecule has 1 nitrogen and oxygen atoms in total. The zero-order valence-electron chi connectivity index (χ0n) is 9.39. The van der Waals surface area contributed by atoms with Gasteiger partial charge in [-0.25, -0.2) is 0 Å². The molecule has 0 aliphatic heterocycles. The van der Waals surface area contributed by atoms with Crippen LogP contribution in [0.5, 0.6) is 0 Å². The van der Waals surface area contributed by atoms with Gasteiger partial charge in [-0.15, -0.1) is 0 Å². The normalized spacial score (nSPS) is 20.7. The van der Waals surface area contributed by atoms with Gasteiger partial charge in [0.05, 0.1) is 6.10 Å². The van der Waals surface area contributed by atoms with E-state index in [9.17, 15) is 5.11 Å². The highest BCUT2D eigenvalue weighted by Crippen LogP contribution is 2.37. The number of hydrogen-bond acceptors (Lipinski definition) is 1. The van der Waals surface area contributed by atoms with Gasteiger partial charge in [0, 0.05) is 5.92 Å². The molecule has 0 amide bonds. The van der Waals surface area contributed by atoms with Gasteiger partial charge in [-0.2, -0.15) is 0 Å². The molecule has 1 saturated carbocycles. The van der Waals surface area contributed by atoms with E-state index in [4.69, 9.17) is 0 Å². The van der Waals surface area contributed by atoms with Crippen molar-refractivity contribution in [3.8, 4) is 0 Å². The quantitative estimate of drug-likeness (QED) is 0.797. The Morgan fingerprint density at radius 1 is 1.27 bits per heavy atom. The van der Waals surface area contributed by atoms with Crippen LogP contribution in [0.3, 0.4) is 0 Å². The number of aliphatic hydroxyl groups excluding tert-OH is 1. The van der Waals surface area contributed by atoms with Crippen molar-refractivity contribution in [2.45, 2.75) is 44.6 Å². The fraction of sp³-hybridized carbons (Fsp3) is 0.571. The first-order chi connectivity index (χ1) is 7.33. The lowest BCUT2D eigenvalue weighted by Crippen LogP contribution is -2.32. The van der Waals surface area contributed by atoms with Gasteiger partial charge in [-0.3, -0.25) is 0 Å². The summed E-state index contributed by atoms with van der Waals surface area (Å²) in [6.45, 7) is 2.17. The predicted octanol–water partition coefficient (Wildman–Crippen LogP) is 3.34. The van der Waals surface area contributed by atoms with E-state index in [0.717, 1.165) is 6.42 Å². The first-order valence-electron chi connectivity index (χ1n) is 6.06. The maximum absolute atomic E-state index is 10.3. The Labute approximate surface area is 92.1 Å². The molecule has 2 unspecified atom stereocenters. The van der Waals surface area contributed by atoms with Crippen molar-refractivity contribution in [3.05, 3.63) is 35.9 Å². The highest BCUT2D eigenvalue weighted by molar-refractivity contribution is 5.21. The SMILES string of the molecule is CCC(c1ccccc1)C(O)C1CCC1. The summed E-state index contributed by atoms with van der Waals surface area (Å²) in [5, 5.41) is 10.3. The van der Waals surface area contributed by atoms with E-state index in [1.807, 2.05) is 6.07 Å². The molecule has 0 bridgehead atoms. The lowest BCUT2D eigenvalue weighted by atomic mass is 9.74. The van der Waals surface area contributed by atoms with Crippen molar-refractivity contribution in [2.75, 3.05) is 0 Å². The van der Waals surface area contributed by atoms with Gasteiger partial charge in [0.25, 0.3) is 0 Å². The highest BCUT2D eigenvalue weighted by atomic mass is 16.3. The van der Waals surface area contributed by atoms with Crippen molar-refractivity contribution in [1.82, 2.24) is 0 Å². The van der Waals surface area contributed by atoms with Crippen LogP contribution in [0.2, 0.25) is 0 Å². The third-order valence-corrected chi connectivity index (χ3v) is 3.71. The second-order valence-electron chi connectivity index (χ2n) is 4.61. The van der Waals surface area contributed by atoms with Crippen LogP contribution in [0.25, 0.3) is 0 Å². The number of rotatable bonds is 4. The Morgan fingerprint density at radius 2 is 1.93 bits per heavy atom. The maximum atomic E-state index is 10.3. The van der Waals surface area contributed by atoms with Gasteiger partial charge in [0.15, 0.2) is 0 Å². The third-order valence-electron chi connectivity index (χ3n) is 3.71. The summed E-state index contributed by atoms with van der Waals surface area (Å²) in [4.78, 5) is 0. The average molecular weight is 204 g/mol. The molecule has 0 spiro atoms. The minimum Gasteiger partial charge on any atom is -0.392 e. The van der Waals surface area contributed by atoms with Crippen LogP contribution < -0.4 is 0 Å². The molecule has 1 N–H and O–H groups in total. The summed E-state index contributed by atoms with van der Waals surface area (Å²) in [5.74, 6) is 0.881. The highest BCUT2D eigenvalue weighted by Gasteiger charge is 2.31. The molecular weight excluding hydrogens is 184 g/mol. The minimum atomic E-state index is -0.133. The molecular formula is C14H20O.